The van der Waals surface area contributed by atoms with Crippen LogP contribution < -0.4 is 5.32 Å². The molecule has 0 amide bonds. The molecular weight excluding hydrogens is 221 g/mol. The molecule has 4 heteroatoms. The van der Waals surface area contributed by atoms with E-state index in [-0.39, 0.29) is 18.5 Å². The zero-order chi connectivity index (χ0) is 9.68. The highest BCUT2D eigenvalue weighted by molar-refractivity contribution is 6.31. The van der Waals surface area contributed by atoms with Gasteiger partial charge in [0.2, 0.25) is 0 Å². The Kier molecular flexibility index (Phi) is 6.93. The van der Waals surface area contributed by atoms with Crippen LogP contribution in [0.15, 0.2) is 24.3 Å². The maximum atomic E-state index is 9.00. The number of nitrogens with one attached hydrogen (secondary N) is 1. The van der Waals surface area contributed by atoms with E-state index in [4.69, 9.17) is 16.7 Å². The highest BCUT2D eigenvalue weighted by Crippen LogP contribution is 2.13. The molecule has 0 saturated heterocycles. The van der Waals surface area contributed by atoms with Crippen LogP contribution in [-0.4, -0.2) is 17.8 Å². The molecular formula is C10H15Cl2NO. The Bertz CT molecular complexity index is 266. The number of rotatable bonds is 4. The summed E-state index contributed by atoms with van der Waals surface area (Å²) in [4.78, 5) is 0. The van der Waals surface area contributed by atoms with E-state index in [1.807, 2.05) is 24.3 Å². The van der Waals surface area contributed by atoms with Gasteiger partial charge in [-0.25, -0.2) is 0 Å². The third-order valence-corrected chi connectivity index (χ3v) is 2.08. The summed E-state index contributed by atoms with van der Waals surface area (Å²) in [6, 6.07) is 7.68. The monoisotopic (exact) mass is 235 g/mol. The molecule has 1 atom stereocenters. The van der Waals surface area contributed by atoms with Gasteiger partial charge in [-0.15, -0.1) is 12.4 Å². The van der Waals surface area contributed by atoms with Gasteiger partial charge in [0.15, 0.2) is 0 Å². The summed E-state index contributed by atoms with van der Waals surface area (Å²) in [5.74, 6) is 0. The molecule has 0 fully saturated rings. The fourth-order valence-electron chi connectivity index (χ4n) is 1.06. The molecule has 0 aliphatic rings. The van der Waals surface area contributed by atoms with Gasteiger partial charge in [0.25, 0.3) is 0 Å². The topological polar surface area (TPSA) is 32.3 Å². The lowest BCUT2D eigenvalue weighted by Crippen LogP contribution is -2.23. The SMILES string of the molecule is CC(O)CNCc1ccccc1Cl.Cl. The third kappa shape index (κ3) is 4.82. The number of aliphatic hydroxyl groups is 1. The Balaban J connectivity index is 0.00000169. The second-order valence-electron chi connectivity index (χ2n) is 3.07. The second kappa shape index (κ2) is 7.07. The van der Waals surface area contributed by atoms with Crippen LogP contribution >= 0.6 is 24.0 Å². The van der Waals surface area contributed by atoms with Gasteiger partial charge in [-0.3, -0.25) is 0 Å². The van der Waals surface area contributed by atoms with Crippen molar-refractivity contribution in [2.75, 3.05) is 6.54 Å². The van der Waals surface area contributed by atoms with Crippen LogP contribution in [0.1, 0.15) is 12.5 Å². The van der Waals surface area contributed by atoms with Crippen LogP contribution in [0.25, 0.3) is 0 Å². The molecule has 0 bridgehead atoms. The van der Waals surface area contributed by atoms with Gasteiger partial charge in [-0.05, 0) is 18.6 Å². The first-order valence-electron chi connectivity index (χ1n) is 4.32. The van der Waals surface area contributed by atoms with E-state index in [0.29, 0.717) is 13.1 Å². The molecule has 0 spiro atoms. The zero-order valence-corrected chi connectivity index (χ0v) is 9.61. The average molecular weight is 236 g/mol. The standard InChI is InChI=1S/C10H14ClNO.ClH/c1-8(13)6-12-7-9-4-2-3-5-10(9)11;/h2-5,8,12-13H,6-7H2,1H3;1H. The summed E-state index contributed by atoms with van der Waals surface area (Å²) in [6.45, 7) is 3.04. The van der Waals surface area contributed by atoms with E-state index in [9.17, 15) is 0 Å². The van der Waals surface area contributed by atoms with Gasteiger partial charge in [0.1, 0.15) is 0 Å². The predicted molar refractivity (Wildman–Crippen MR) is 62.1 cm³/mol. The number of benzene rings is 1. The van der Waals surface area contributed by atoms with Crippen molar-refractivity contribution in [2.45, 2.75) is 19.6 Å². The maximum absolute atomic E-state index is 9.00. The molecule has 0 aliphatic heterocycles. The number of aliphatic hydroxyl groups excluding tert-OH is 1. The summed E-state index contributed by atoms with van der Waals surface area (Å²) in [7, 11) is 0. The molecule has 80 valence electrons. The molecule has 14 heavy (non-hydrogen) atoms. The fraction of sp³-hybridized carbons (Fsp3) is 0.400. The minimum atomic E-state index is -0.317. The van der Waals surface area contributed by atoms with E-state index >= 15 is 0 Å². The second-order valence-corrected chi connectivity index (χ2v) is 3.48. The largest absolute Gasteiger partial charge is 0.392 e. The van der Waals surface area contributed by atoms with E-state index in [1.165, 1.54) is 0 Å². The van der Waals surface area contributed by atoms with E-state index in [1.54, 1.807) is 6.92 Å². The van der Waals surface area contributed by atoms with Crippen molar-refractivity contribution in [3.63, 3.8) is 0 Å². The fourth-order valence-corrected chi connectivity index (χ4v) is 1.26. The van der Waals surface area contributed by atoms with Gasteiger partial charge >= 0.3 is 0 Å². The van der Waals surface area contributed by atoms with Crippen LogP contribution in [0.2, 0.25) is 5.02 Å². The van der Waals surface area contributed by atoms with Gasteiger partial charge < -0.3 is 10.4 Å². The minimum Gasteiger partial charge on any atom is -0.392 e. The summed E-state index contributed by atoms with van der Waals surface area (Å²) in [5.41, 5.74) is 1.06. The minimum absolute atomic E-state index is 0. The molecule has 0 heterocycles. The van der Waals surface area contributed by atoms with Gasteiger partial charge in [-0.1, -0.05) is 29.8 Å². The molecule has 1 aromatic carbocycles. The highest BCUT2D eigenvalue weighted by Gasteiger charge is 1.98. The first-order valence-corrected chi connectivity index (χ1v) is 4.70. The maximum Gasteiger partial charge on any atom is 0.0636 e. The number of halogens is 2. The van der Waals surface area contributed by atoms with Crippen molar-refractivity contribution < 1.29 is 5.11 Å². The van der Waals surface area contributed by atoms with Crippen molar-refractivity contribution in [3.05, 3.63) is 34.9 Å². The normalized spacial score (nSPS) is 11.9. The third-order valence-electron chi connectivity index (χ3n) is 1.71. The van der Waals surface area contributed by atoms with Crippen LogP contribution in [0.4, 0.5) is 0 Å². The van der Waals surface area contributed by atoms with E-state index < -0.39 is 0 Å². The quantitative estimate of drug-likeness (QED) is 0.840. The lowest BCUT2D eigenvalue weighted by molar-refractivity contribution is 0.191. The summed E-state index contributed by atoms with van der Waals surface area (Å²) in [6.07, 6.45) is -0.317. The van der Waals surface area contributed by atoms with Crippen molar-refractivity contribution >= 4 is 24.0 Å². The number of hydrogen-bond donors (Lipinski definition) is 2. The van der Waals surface area contributed by atoms with E-state index in [2.05, 4.69) is 5.32 Å². The summed E-state index contributed by atoms with van der Waals surface area (Å²) < 4.78 is 0. The van der Waals surface area contributed by atoms with Crippen LogP contribution in [0.3, 0.4) is 0 Å². The molecule has 0 radical (unpaired) electrons. The lowest BCUT2D eigenvalue weighted by Gasteiger charge is -2.07. The number of hydrogen-bond acceptors (Lipinski definition) is 2. The molecule has 2 nitrogen and oxygen atoms in total. The first kappa shape index (κ1) is 13.7. The predicted octanol–water partition coefficient (Wildman–Crippen LogP) is 2.23. The Hall–Kier alpha value is -0.280. The molecule has 0 aliphatic carbocycles. The zero-order valence-electron chi connectivity index (χ0n) is 8.03. The highest BCUT2D eigenvalue weighted by atomic mass is 35.5. The molecule has 0 saturated carbocycles. The molecule has 1 aromatic rings. The summed E-state index contributed by atoms with van der Waals surface area (Å²) in [5, 5.41) is 12.9. The van der Waals surface area contributed by atoms with Crippen LogP contribution in [0, 0.1) is 0 Å². The Morgan fingerprint density at radius 3 is 2.64 bits per heavy atom. The van der Waals surface area contributed by atoms with Crippen molar-refractivity contribution in [1.29, 1.82) is 0 Å². The summed E-state index contributed by atoms with van der Waals surface area (Å²) >= 11 is 5.94. The van der Waals surface area contributed by atoms with Gasteiger partial charge in [0, 0.05) is 18.1 Å². The van der Waals surface area contributed by atoms with Crippen molar-refractivity contribution in [2.24, 2.45) is 0 Å². The van der Waals surface area contributed by atoms with Gasteiger partial charge in [0.05, 0.1) is 6.10 Å². The van der Waals surface area contributed by atoms with Gasteiger partial charge in [-0.2, -0.15) is 0 Å². The molecule has 0 aromatic heterocycles. The Labute approximate surface area is 95.7 Å². The lowest BCUT2D eigenvalue weighted by atomic mass is 10.2. The molecule has 1 rings (SSSR count). The smallest absolute Gasteiger partial charge is 0.0636 e. The first-order chi connectivity index (χ1) is 6.20. The Morgan fingerprint density at radius 1 is 1.43 bits per heavy atom. The van der Waals surface area contributed by atoms with Crippen molar-refractivity contribution in [1.82, 2.24) is 5.32 Å². The van der Waals surface area contributed by atoms with E-state index in [0.717, 1.165) is 10.6 Å². The average Bonchev–Trinajstić information content (AvgIpc) is 2.08. The van der Waals surface area contributed by atoms with Crippen LogP contribution in [-0.2, 0) is 6.54 Å². The Morgan fingerprint density at radius 2 is 2.07 bits per heavy atom. The molecule has 2 N–H and O–H groups in total. The molecule has 1 unspecified atom stereocenters. The van der Waals surface area contributed by atoms with Crippen LogP contribution in [0.5, 0.6) is 0 Å². The van der Waals surface area contributed by atoms with Crippen molar-refractivity contribution in [3.8, 4) is 0 Å².